The second-order valence-corrected chi connectivity index (χ2v) is 7.46. The molecule has 130 valence electrons. The molecule has 1 aliphatic heterocycles. The van der Waals surface area contributed by atoms with Crippen LogP contribution >= 0.6 is 0 Å². The lowest BCUT2D eigenvalue weighted by atomic mass is 9.85. The summed E-state index contributed by atoms with van der Waals surface area (Å²) in [5.41, 5.74) is 11.2. The first kappa shape index (κ1) is 17.1. The summed E-state index contributed by atoms with van der Waals surface area (Å²) in [7, 11) is 0. The Balaban J connectivity index is 1.92. The maximum Gasteiger partial charge on any atom is 0.130 e. The summed E-state index contributed by atoms with van der Waals surface area (Å²) in [6.45, 7) is 6.54. The summed E-state index contributed by atoms with van der Waals surface area (Å²) in [5, 5.41) is 7.34. The third-order valence-electron chi connectivity index (χ3n) is 5.58. The monoisotopic (exact) mass is 325 g/mol. The van der Waals surface area contributed by atoms with Crippen LogP contribution in [0.25, 0.3) is 5.70 Å². The molecule has 4 N–H and O–H groups in total. The average molecular weight is 326 g/mol. The van der Waals surface area contributed by atoms with Crippen LogP contribution in [0.4, 0.5) is 0 Å². The summed E-state index contributed by atoms with van der Waals surface area (Å²) in [6, 6.07) is 9.08. The molecule has 1 aromatic carbocycles. The van der Waals surface area contributed by atoms with E-state index in [4.69, 9.17) is 5.73 Å². The van der Waals surface area contributed by atoms with Gasteiger partial charge in [-0.15, -0.1) is 0 Å². The largest absolute Gasteiger partial charge is 0.383 e. The van der Waals surface area contributed by atoms with Crippen molar-refractivity contribution >= 4 is 5.70 Å². The van der Waals surface area contributed by atoms with Crippen LogP contribution in [0.3, 0.4) is 0 Å². The van der Waals surface area contributed by atoms with Gasteiger partial charge in [-0.1, -0.05) is 49.6 Å². The zero-order valence-electron chi connectivity index (χ0n) is 15.2. The standard InChI is InChI=1S/C21H31N3/c1-4-16(3)23-20-14-13-19(17-11-9-15(2)10-12-17)24-21(20,22)18-7-5-6-8-18/h9-14,16,18,23-24H,4-8,22H2,1-3H3. The topological polar surface area (TPSA) is 50.1 Å². The molecule has 1 saturated carbocycles. The smallest absolute Gasteiger partial charge is 0.130 e. The minimum absolute atomic E-state index is 0.428. The van der Waals surface area contributed by atoms with Crippen molar-refractivity contribution in [3.8, 4) is 0 Å². The van der Waals surface area contributed by atoms with E-state index in [1.165, 1.54) is 36.8 Å². The molecule has 0 aromatic heterocycles. The van der Waals surface area contributed by atoms with Crippen molar-refractivity contribution in [2.45, 2.75) is 64.6 Å². The van der Waals surface area contributed by atoms with Crippen molar-refractivity contribution in [1.29, 1.82) is 0 Å². The first-order valence-corrected chi connectivity index (χ1v) is 9.36. The van der Waals surface area contributed by atoms with Gasteiger partial charge in [0, 0.05) is 17.7 Å². The minimum atomic E-state index is -0.491. The fraction of sp³-hybridized carbons (Fsp3) is 0.524. The van der Waals surface area contributed by atoms with Crippen LogP contribution in [-0.2, 0) is 0 Å². The third kappa shape index (κ3) is 3.36. The van der Waals surface area contributed by atoms with Crippen molar-refractivity contribution < 1.29 is 0 Å². The molecule has 3 heteroatoms. The maximum atomic E-state index is 6.99. The van der Waals surface area contributed by atoms with E-state index >= 15 is 0 Å². The van der Waals surface area contributed by atoms with E-state index in [2.05, 4.69) is 67.8 Å². The lowest BCUT2D eigenvalue weighted by Crippen LogP contribution is -2.63. The molecule has 24 heavy (non-hydrogen) atoms. The summed E-state index contributed by atoms with van der Waals surface area (Å²) in [6.07, 6.45) is 10.4. The maximum absolute atomic E-state index is 6.99. The summed E-state index contributed by atoms with van der Waals surface area (Å²) in [5.74, 6) is 0.481. The van der Waals surface area contributed by atoms with Gasteiger partial charge in [-0.05, 0) is 50.8 Å². The molecule has 0 spiro atoms. The molecule has 0 radical (unpaired) electrons. The predicted octanol–water partition coefficient (Wildman–Crippen LogP) is 4.06. The van der Waals surface area contributed by atoms with Crippen LogP contribution in [0.15, 0.2) is 42.1 Å². The lowest BCUT2D eigenvalue weighted by Gasteiger charge is -2.43. The molecule has 1 aliphatic carbocycles. The number of benzene rings is 1. The van der Waals surface area contributed by atoms with Crippen LogP contribution < -0.4 is 16.4 Å². The van der Waals surface area contributed by atoms with E-state index in [0.717, 1.165) is 17.8 Å². The van der Waals surface area contributed by atoms with Crippen molar-refractivity contribution in [2.75, 3.05) is 0 Å². The Labute approximate surface area is 146 Å². The molecule has 1 heterocycles. The summed E-state index contributed by atoms with van der Waals surface area (Å²) in [4.78, 5) is 0. The lowest BCUT2D eigenvalue weighted by molar-refractivity contribution is 0.271. The van der Waals surface area contributed by atoms with Gasteiger partial charge in [0.25, 0.3) is 0 Å². The highest BCUT2D eigenvalue weighted by atomic mass is 15.2. The molecule has 1 fully saturated rings. The number of hydrogen-bond donors (Lipinski definition) is 3. The SMILES string of the molecule is CCC(C)NC1=CC=C(c2ccc(C)cc2)NC1(N)C1CCCC1. The first-order chi connectivity index (χ1) is 11.5. The highest BCUT2D eigenvalue weighted by Gasteiger charge is 2.42. The van der Waals surface area contributed by atoms with Crippen LogP contribution in [0.2, 0.25) is 0 Å². The zero-order valence-corrected chi connectivity index (χ0v) is 15.2. The van der Waals surface area contributed by atoms with Gasteiger partial charge in [-0.2, -0.15) is 0 Å². The molecule has 0 saturated heterocycles. The van der Waals surface area contributed by atoms with Crippen LogP contribution in [0.1, 0.15) is 57.1 Å². The molecular formula is C21H31N3. The number of rotatable bonds is 5. The number of allylic oxidation sites excluding steroid dienone is 2. The second kappa shape index (κ2) is 7.02. The Bertz CT molecular complexity index is 623. The fourth-order valence-corrected chi connectivity index (χ4v) is 3.78. The second-order valence-electron chi connectivity index (χ2n) is 7.46. The first-order valence-electron chi connectivity index (χ1n) is 9.36. The number of aryl methyl sites for hydroxylation is 1. The fourth-order valence-electron chi connectivity index (χ4n) is 3.78. The van der Waals surface area contributed by atoms with E-state index in [0.29, 0.717) is 12.0 Å². The zero-order chi connectivity index (χ0) is 17.2. The molecule has 3 rings (SSSR count). The van der Waals surface area contributed by atoms with E-state index in [1.54, 1.807) is 0 Å². The van der Waals surface area contributed by atoms with E-state index in [1.807, 2.05) is 0 Å². The van der Waals surface area contributed by atoms with Crippen molar-refractivity contribution in [3.63, 3.8) is 0 Å². The van der Waals surface area contributed by atoms with Gasteiger partial charge < -0.3 is 16.4 Å². The van der Waals surface area contributed by atoms with Crippen molar-refractivity contribution in [1.82, 2.24) is 10.6 Å². The molecular weight excluding hydrogens is 294 g/mol. The van der Waals surface area contributed by atoms with Gasteiger partial charge in [-0.3, -0.25) is 0 Å². The molecule has 1 aromatic rings. The van der Waals surface area contributed by atoms with E-state index in [9.17, 15) is 0 Å². The van der Waals surface area contributed by atoms with Gasteiger partial charge in [0.2, 0.25) is 0 Å². The Morgan fingerprint density at radius 2 is 1.88 bits per heavy atom. The van der Waals surface area contributed by atoms with Gasteiger partial charge in [0.05, 0.1) is 5.70 Å². The minimum Gasteiger partial charge on any atom is -0.383 e. The van der Waals surface area contributed by atoms with Crippen molar-refractivity contribution in [2.24, 2.45) is 11.7 Å². The Morgan fingerprint density at radius 1 is 1.21 bits per heavy atom. The molecule has 2 atom stereocenters. The number of nitrogens with two attached hydrogens (primary N) is 1. The molecule has 2 unspecified atom stereocenters. The normalized spacial score (nSPS) is 25.7. The summed E-state index contributed by atoms with van der Waals surface area (Å²) >= 11 is 0. The number of nitrogens with one attached hydrogen (secondary N) is 2. The van der Waals surface area contributed by atoms with Gasteiger partial charge in [0.1, 0.15) is 5.66 Å². The molecule has 0 amide bonds. The molecule has 2 aliphatic rings. The van der Waals surface area contributed by atoms with Crippen LogP contribution in [-0.4, -0.2) is 11.7 Å². The number of dihydropyridines is 1. The highest BCUT2D eigenvalue weighted by Crippen LogP contribution is 2.37. The Kier molecular flexibility index (Phi) is 5.00. The Hall–Kier alpha value is -1.74. The Morgan fingerprint density at radius 3 is 2.50 bits per heavy atom. The van der Waals surface area contributed by atoms with E-state index in [-0.39, 0.29) is 0 Å². The quantitative estimate of drug-likeness (QED) is 0.765. The van der Waals surface area contributed by atoms with Crippen LogP contribution in [0, 0.1) is 12.8 Å². The van der Waals surface area contributed by atoms with Gasteiger partial charge in [0.15, 0.2) is 0 Å². The van der Waals surface area contributed by atoms with E-state index < -0.39 is 5.66 Å². The van der Waals surface area contributed by atoms with Crippen LogP contribution in [0.5, 0.6) is 0 Å². The highest BCUT2D eigenvalue weighted by molar-refractivity contribution is 5.69. The third-order valence-corrected chi connectivity index (χ3v) is 5.58. The average Bonchev–Trinajstić information content (AvgIpc) is 3.12. The predicted molar refractivity (Wildman–Crippen MR) is 102 cm³/mol. The summed E-state index contributed by atoms with van der Waals surface area (Å²) < 4.78 is 0. The molecule has 0 bridgehead atoms. The van der Waals surface area contributed by atoms with Crippen molar-refractivity contribution in [3.05, 3.63) is 53.2 Å². The number of hydrogen-bond acceptors (Lipinski definition) is 3. The molecule has 3 nitrogen and oxygen atoms in total. The van der Waals surface area contributed by atoms with Gasteiger partial charge in [-0.25, -0.2) is 0 Å². The van der Waals surface area contributed by atoms with Gasteiger partial charge >= 0.3 is 0 Å².